The van der Waals surface area contributed by atoms with Gasteiger partial charge in [-0.05, 0) is 47.9 Å². The molecule has 0 aliphatic heterocycles. The Bertz CT molecular complexity index is 1280. The van der Waals surface area contributed by atoms with Crippen LogP contribution in [0.3, 0.4) is 0 Å². The summed E-state index contributed by atoms with van der Waals surface area (Å²) >= 11 is 0. The van der Waals surface area contributed by atoms with Crippen molar-refractivity contribution < 1.29 is 9.59 Å². The molecular weight excluding hydrogens is 420 g/mol. The summed E-state index contributed by atoms with van der Waals surface area (Å²) in [4.78, 5) is 28.9. The molecule has 4 rings (SSSR count). The van der Waals surface area contributed by atoms with Crippen LogP contribution in [-0.2, 0) is 11.2 Å². The number of carbonyl (C=O) groups is 2. The maximum Gasteiger partial charge on any atom is 0.252 e. The van der Waals surface area contributed by atoms with E-state index in [9.17, 15) is 9.59 Å². The van der Waals surface area contributed by atoms with Crippen LogP contribution in [0.15, 0.2) is 103 Å². The first kappa shape index (κ1) is 23.2. The Hall–Kier alpha value is -3.92. The quantitative estimate of drug-likeness (QED) is 0.387. The van der Waals surface area contributed by atoms with Crippen molar-refractivity contribution in [2.24, 2.45) is 0 Å². The van der Waals surface area contributed by atoms with E-state index in [2.05, 4.69) is 29.6 Å². The molecule has 4 aromatic carbocycles. The molecule has 0 aliphatic rings. The first-order valence-electron chi connectivity index (χ1n) is 11.6. The van der Waals surface area contributed by atoms with Gasteiger partial charge in [-0.15, -0.1) is 0 Å². The van der Waals surface area contributed by atoms with E-state index in [0.717, 1.165) is 21.9 Å². The third-order valence-electron chi connectivity index (χ3n) is 6.47. The van der Waals surface area contributed by atoms with Gasteiger partial charge >= 0.3 is 0 Å². The smallest absolute Gasteiger partial charge is 0.252 e. The highest BCUT2D eigenvalue weighted by molar-refractivity contribution is 5.99. The number of nitrogens with zero attached hydrogens (tertiary/aromatic N) is 1. The van der Waals surface area contributed by atoms with E-state index in [1.807, 2.05) is 87.6 Å². The third kappa shape index (κ3) is 4.86. The van der Waals surface area contributed by atoms with Crippen LogP contribution in [0.4, 0.5) is 0 Å². The standard InChI is InChI=1S/C30H30N2O2/c1-22(26-20-12-18-24-15-10-11-19-27(24)26)32(3)29(34)30(2,21-23-13-6-4-7-14-23)31-28(33)25-16-8-5-9-17-25/h4-20,22H,21H2,1-3H3,(H,31,33)/t22-,30+/m1/s1. The highest BCUT2D eigenvalue weighted by atomic mass is 16.2. The van der Waals surface area contributed by atoms with Gasteiger partial charge in [-0.1, -0.05) is 91.0 Å². The Morgan fingerprint density at radius 2 is 1.41 bits per heavy atom. The molecule has 4 heteroatoms. The first-order chi connectivity index (χ1) is 16.4. The summed E-state index contributed by atoms with van der Waals surface area (Å²) in [6.45, 7) is 3.84. The van der Waals surface area contributed by atoms with Gasteiger partial charge in [0.15, 0.2) is 0 Å². The fraction of sp³-hybridized carbons (Fsp3) is 0.200. The number of fused-ring (bicyclic) bond motifs is 1. The van der Waals surface area contributed by atoms with E-state index in [0.29, 0.717) is 12.0 Å². The zero-order valence-corrected chi connectivity index (χ0v) is 19.9. The number of hydrogen-bond donors (Lipinski definition) is 1. The van der Waals surface area contributed by atoms with Crippen molar-refractivity contribution in [1.29, 1.82) is 0 Å². The highest BCUT2D eigenvalue weighted by Crippen LogP contribution is 2.29. The van der Waals surface area contributed by atoms with Crippen molar-refractivity contribution >= 4 is 22.6 Å². The van der Waals surface area contributed by atoms with Gasteiger partial charge in [0.05, 0.1) is 6.04 Å². The largest absolute Gasteiger partial charge is 0.338 e. The zero-order valence-electron chi connectivity index (χ0n) is 19.9. The van der Waals surface area contributed by atoms with Crippen molar-refractivity contribution in [3.8, 4) is 0 Å². The van der Waals surface area contributed by atoms with Crippen molar-refractivity contribution in [3.63, 3.8) is 0 Å². The van der Waals surface area contributed by atoms with E-state index in [-0.39, 0.29) is 17.9 Å². The molecule has 0 unspecified atom stereocenters. The summed E-state index contributed by atoms with van der Waals surface area (Å²) in [5.41, 5.74) is 1.46. The van der Waals surface area contributed by atoms with Crippen molar-refractivity contribution in [1.82, 2.24) is 10.2 Å². The van der Waals surface area contributed by atoms with E-state index in [4.69, 9.17) is 0 Å². The fourth-order valence-corrected chi connectivity index (χ4v) is 4.48. The van der Waals surface area contributed by atoms with Crippen molar-refractivity contribution in [2.75, 3.05) is 7.05 Å². The van der Waals surface area contributed by atoms with E-state index in [1.165, 1.54) is 0 Å². The molecular formula is C30H30N2O2. The van der Waals surface area contributed by atoms with Crippen LogP contribution >= 0.6 is 0 Å². The van der Waals surface area contributed by atoms with Gasteiger partial charge in [0, 0.05) is 19.0 Å². The molecule has 0 heterocycles. The number of nitrogens with one attached hydrogen (secondary N) is 1. The van der Waals surface area contributed by atoms with Crippen LogP contribution in [0.25, 0.3) is 10.8 Å². The number of rotatable bonds is 7. The van der Waals surface area contributed by atoms with Gasteiger partial charge in [0.2, 0.25) is 5.91 Å². The highest BCUT2D eigenvalue weighted by Gasteiger charge is 2.39. The van der Waals surface area contributed by atoms with Crippen LogP contribution in [0.1, 0.15) is 41.4 Å². The fourth-order valence-electron chi connectivity index (χ4n) is 4.48. The molecule has 4 aromatic rings. The summed E-state index contributed by atoms with van der Waals surface area (Å²) < 4.78 is 0. The Morgan fingerprint density at radius 1 is 0.824 bits per heavy atom. The van der Waals surface area contributed by atoms with Gasteiger partial charge in [0.25, 0.3) is 5.91 Å². The van der Waals surface area contributed by atoms with Gasteiger partial charge in [0.1, 0.15) is 5.54 Å². The number of carbonyl (C=O) groups excluding carboxylic acids is 2. The second-order valence-corrected chi connectivity index (χ2v) is 8.98. The minimum Gasteiger partial charge on any atom is -0.338 e. The lowest BCUT2D eigenvalue weighted by atomic mass is 9.89. The number of hydrogen-bond acceptors (Lipinski definition) is 2. The van der Waals surface area contributed by atoms with E-state index >= 15 is 0 Å². The minimum absolute atomic E-state index is 0.138. The first-order valence-corrected chi connectivity index (χ1v) is 11.6. The zero-order chi connectivity index (χ0) is 24.1. The third-order valence-corrected chi connectivity index (χ3v) is 6.47. The summed E-state index contributed by atoms with van der Waals surface area (Å²) in [6, 6.07) is 33.0. The lowest BCUT2D eigenvalue weighted by molar-refractivity contribution is -0.138. The Kier molecular flexibility index (Phi) is 6.78. The molecule has 0 aliphatic carbocycles. The SMILES string of the molecule is C[C@H](c1cccc2ccccc12)N(C)C(=O)[C@](C)(Cc1ccccc1)NC(=O)c1ccccc1. The summed E-state index contributed by atoms with van der Waals surface area (Å²) in [7, 11) is 1.81. The molecule has 2 atom stereocenters. The lowest BCUT2D eigenvalue weighted by Crippen LogP contribution is -2.58. The molecule has 2 amide bonds. The van der Waals surface area contributed by atoms with Crippen LogP contribution in [-0.4, -0.2) is 29.3 Å². The number of amides is 2. The maximum atomic E-state index is 14.0. The van der Waals surface area contributed by atoms with E-state index < -0.39 is 5.54 Å². The normalized spacial score (nSPS) is 13.6. The average Bonchev–Trinajstić information content (AvgIpc) is 2.88. The van der Waals surface area contributed by atoms with Gasteiger partial charge in [-0.3, -0.25) is 9.59 Å². The maximum absolute atomic E-state index is 14.0. The lowest BCUT2D eigenvalue weighted by Gasteiger charge is -2.37. The Labute approximate surface area is 201 Å². The summed E-state index contributed by atoms with van der Waals surface area (Å²) in [6.07, 6.45) is 0.387. The summed E-state index contributed by atoms with van der Waals surface area (Å²) in [5.74, 6) is -0.403. The Balaban J connectivity index is 1.66. The monoisotopic (exact) mass is 450 g/mol. The molecule has 34 heavy (non-hydrogen) atoms. The number of likely N-dealkylation sites (N-methyl/N-ethyl adjacent to an activating group) is 1. The summed E-state index contributed by atoms with van der Waals surface area (Å²) in [5, 5.41) is 5.31. The van der Waals surface area contributed by atoms with E-state index in [1.54, 1.807) is 17.0 Å². The van der Waals surface area contributed by atoms with Crippen LogP contribution in [0.2, 0.25) is 0 Å². The van der Waals surface area contributed by atoms with Crippen LogP contribution in [0, 0.1) is 0 Å². The molecule has 0 aromatic heterocycles. The topological polar surface area (TPSA) is 49.4 Å². The van der Waals surface area contributed by atoms with Crippen LogP contribution in [0.5, 0.6) is 0 Å². The second kappa shape index (κ2) is 9.92. The average molecular weight is 451 g/mol. The van der Waals surface area contributed by atoms with Gasteiger partial charge < -0.3 is 10.2 Å². The van der Waals surface area contributed by atoms with Crippen molar-refractivity contribution in [2.45, 2.75) is 31.8 Å². The molecule has 0 spiro atoms. The Morgan fingerprint density at radius 3 is 2.12 bits per heavy atom. The second-order valence-electron chi connectivity index (χ2n) is 8.98. The van der Waals surface area contributed by atoms with Crippen molar-refractivity contribution in [3.05, 3.63) is 120 Å². The molecule has 0 saturated carbocycles. The molecule has 0 radical (unpaired) electrons. The molecule has 1 N–H and O–H groups in total. The predicted octanol–water partition coefficient (Wildman–Crippen LogP) is 5.79. The minimum atomic E-state index is -1.12. The molecule has 172 valence electrons. The molecule has 0 bridgehead atoms. The molecule has 4 nitrogen and oxygen atoms in total. The molecule has 0 fully saturated rings. The van der Waals surface area contributed by atoms with Gasteiger partial charge in [-0.2, -0.15) is 0 Å². The van der Waals surface area contributed by atoms with Gasteiger partial charge in [-0.25, -0.2) is 0 Å². The van der Waals surface area contributed by atoms with Crippen LogP contribution < -0.4 is 5.32 Å². The predicted molar refractivity (Wildman–Crippen MR) is 138 cm³/mol. The number of benzene rings is 4. The molecule has 0 saturated heterocycles.